The summed E-state index contributed by atoms with van der Waals surface area (Å²) >= 11 is 0. The summed E-state index contributed by atoms with van der Waals surface area (Å²) in [7, 11) is 0. The third kappa shape index (κ3) is 4.77. The smallest absolute Gasteiger partial charge is 0.164 e. The second kappa shape index (κ2) is 11.8. The lowest BCUT2D eigenvalue weighted by Gasteiger charge is -2.37. The molecule has 0 saturated heterocycles. The molecule has 6 aromatic carbocycles. The zero-order chi connectivity index (χ0) is 31.9. The normalized spacial score (nSPS) is 14.4. The Bertz CT molecular complexity index is 2270. The highest BCUT2D eigenvalue weighted by Crippen LogP contribution is 2.58. The molecule has 1 aromatic heterocycles. The third-order valence-electron chi connectivity index (χ3n) is 10.3. The topological polar surface area (TPSA) is 38.7 Å². The second-order valence-electron chi connectivity index (χ2n) is 13.1. The van der Waals surface area contributed by atoms with Crippen molar-refractivity contribution in [3.63, 3.8) is 0 Å². The minimum Gasteiger partial charge on any atom is -0.208 e. The molecule has 0 radical (unpaired) electrons. The maximum Gasteiger partial charge on any atom is 0.164 e. The van der Waals surface area contributed by atoms with Gasteiger partial charge in [-0.15, -0.1) is 0 Å². The summed E-state index contributed by atoms with van der Waals surface area (Å²) in [4.78, 5) is 15.5. The van der Waals surface area contributed by atoms with E-state index in [1.165, 1.54) is 65.5 Å². The molecule has 230 valence electrons. The van der Waals surface area contributed by atoms with Gasteiger partial charge in [-0.2, -0.15) is 0 Å². The van der Waals surface area contributed by atoms with E-state index in [0.29, 0.717) is 17.5 Å². The van der Waals surface area contributed by atoms with E-state index in [0.717, 1.165) is 27.8 Å². The first-order valence-corrected chi connectivity index (χ1v) is 17.1. The molecule has 0 amide bonds. The quantitative estimate of drug-likeness (QED) is 0.193. The van der Waals surface area contributed by atoms with Crippen LogP contribution in [-0.2, 0) is 5.41 Å². The van der Waals surface area contributed by atoms with E-state index in [-0.39, 0.29) is 5.41 Å². The number of hydrogen-bond donors (Lipinski definition) is 0. The van der Waals surface area contributed by atoms with Crippen LogP contribution in [0.3, 0.4) is 0 Å². The van der Waals surface area contributed by atoms with E-state index in [1.54, 1.807) is 0 Å². The predicted molar refractivity (Wildman–Crippen MR) is 196 cm³/mol. The predicted octanol–water partition coefficient (Wildman–Crippen LogP) is 11.4. The Labute approximate surface area is 282 Å². The third-order valence-corrected chi connectivity index (χ3v) is 10.3. The molecule has 1 spiro atoms. The van der Waals surface area contributed by atoms with Gasteiger partial charge in [0, 0.05) is 22.1 Å². The average molecular weight is 618 g/mol. The Kier molecular flexibility index (Phi) is 7.04. The molecule has 7 aromatic rings. The van der Waals surface area contributed by atoms with E-state index >= 15 is 0 Å². The highest BCUT2D eigenvalue weighted by molar-refractivity contribution is 5.92. The van der Waals surface area contributed by atoms with Crippen LogP contribution in [-0.4, -0.2) is 15.0 Å². The minimum atomic E-state index is 0.0330. The van der Waals surface area contributed by atoms with Gasteiger partial charge in [0.1, 0.15) is 0 Å². The van der Waals surface area contributed by atoms with Crippen molar-refractivity contribution < 1.29 is 0 Å². The highest BCUT2D eigenvalue weighted by atomic mass is 15.0. The van der Waals surface area contributed by atoms with Crippen molar-refractivity contribution in [2.45, 2.75) is 37.5 Å². The second-order valence-corrected chi connectivity index (χ2v) is 13.1. The van der Waals surface area contributed by atoms with Crippen LogP contribution in [0, 0.1) is 0 Å². The molecular formula is C45H35N3. The van der Waals surface area contributed by atoms with Crippen LogP contribution >= 0.6 is 0 Å². The Morgan fingerprint density at radius 1 is 0.354 bits per heavy atom. The Morgan fingerprint density at radius 2 is 0.854 bits per heavy atom. The summed E-state index contributed by atoms with van der Waals surface area (Å²) in [5.41, 5.74) is 13.5. The molecule has 0 N–H and O–H groups in total. The average Bonchev–Trinajstić information content (AvgIpc) is 3.44. The fourth-order valence-electron chi connectivity index (χ4n) is 8.18. The van der Waals surface area contributed by atoms with E-state index in [4.69, 9.17) is 15.0 Å². The summed E-state index contributed by atoms with van der Waals surface area (Å²) in [5, 5.41) is 0. The van der Waals surface area contributed by atoms with Crippen molar-refractivity contribution in [2.24, 2.45) is 0 Å². The molecule has 2 aliphatic carbocycles. The van der Waals surface area contributed by atoms with Gasteiger partial charge in [0.05, 0.1) is 0 Å². The number of nitrogens with zero attached hydrogens (tertiary/aromatic N) is 3. The van der Waals surface area contributed by atoms with Crippen LogP contribution in [0.2, 0.25) is 0 Å². The molecule has 3 heteroatoms. The molecule has 0 aliphatic heterocycles. The monoisotopic (exact) mass is 617 g/mol. The van der Waals surface area contributed by atoms with Gasteiger partial charge in [-0.3, -0.25) is 0 Å². The van der Waals surface area contributed by atoms with Gasteiger partial charge in [-0.1, -0.05) is 165 Å². The Balaban J connectivity index is 1.25. The van der Waals surface area contributed by atoms with Gasteiger partial charge in [-0.05, 0) is 63.4 Å². The Hall–Kier alpha value is -5.67. The molecule has 3 nitrogen and oxygen atoms in total. The van der Waals surface area contributed by atoms with E-state index in [2.05, 4.69) is 127 Å². The van der Waals surface area contributed by atoms with E-state index in [1.807, 2.05) is 24.3 Å². The zero-order valence-corrected chi connectivity index (χ0v) is 26.8. The van der Waals surface area contributed by atoms with Crippen molar-refractivity contribution in [1.29, 1.82) is 0 Å². The van der Waals surface area contributed by atoms with Crippen molar-refractivity contribution in [3.05, 3.63) is 163 Å². The molecule has 9 rings (SSSR count). The zero-order valence-electron chi connectivity index (χ0n) is 26.8. The molecule has 0 bridgehead atoms. The number of aromatic nitrogens is 3. The van der Waals surface area contributed by atoms with Crippen LogP contribution in [0.4, 0.5) is 0 Å². The fourth-order valence-corrected chi connectivity index (χ4v) is 8.18. The van der Waals surface area contributed by atoms with Crippen LogP contribution in [0.1, 0.15) is 43.2 Å². The maximum absolute atomic E-state index is 5.24. The summed E-state index contributed by atoms with van der Waals surface area (Å²) in [5.74, 6) is 2.02. The Morgan fingerprint density at radius 3 is 1.60 bits per heavy atom. The van der Waals surface area contributed by atoms with Crippen molar-refractivity contribution in [2.75, 3.05) is 0 Å². The summed E-state index contributed by atoms with van der Waals surface area (Å²) in [6.45, 7) is 0. The van der Waals surface area contributed by atoms with Gasteiger partial charge in [0.2, 0.25) is 0 Å². The van der Waals surface area contributed by atoms with Crippen LogP contribution in [0.5, 0.6) is 0 Å². The molecule has 0 atom stereocenters. The summed E-state index contributed by atoms with van der Waals surface area (Å²) < 4.78 is 0. The maximum atomic E-state index is 5.24. The largest absolute Gasteiger partial charge is 0.208 e. The lowest BCUT2D eigenvalue weighted by Crippen LogP contribution is -2.28. The minimum absolute atomic E-state index is 0.0330. The molecule has 1 saturated carbocycles. The molecule has 2 aliphatic rings. The summed E-state index contributed by atoms with van der Waals surface area (Å²) in [6, 6.07) is 53.9. The molecule has 48 heavy (non-hydrogen) atoms. The molecule has 1 fully saturated rings. The van der Waals surface area contributed by atoms with Crippen molar-refractivity contribution in [3.8, 4) is 67.5 Å². The lowest BCUT2D eigenvalue weighted by molar-refractivity contribution is 0.353. The van der Waals surface area contributed by atoms with Crippen LogP contribution < -0.4 is 0 Å². The van der Waals surface area contributed by atoms with Gasteiger partial charge >= 0.3 is 0 Å². The lowest BCUT2D eigenvalue weighted by atomic mass is 9.66. The first-order chi connectivity index (χ1) is 23.8. The number of hydrogen-bond acceptors (Lipinski definition) is 3. The van der Waals surface area contributed by atoms with Gasteiger partial charge in [0.15, 0.2) is 17.5 Å². The van der Waals surface area contributed by atoms with Crippen LogP contribution in [0.25, 0.3) is 67.5 Å². The molecular weight excluding hydrogens is 583 g/mol. The van der Waals surface area contributed by atoms with E-state index in [9.17, 15) is 0 Å². The first kappa shape index (κ1) is 28.5. The van der Waals surface area contributed by atoms with Gasteiger partial charge in [0.25, 0.3) is 0 Å². The SMILES string of the molecule is c1ccc(-c2cccc(-c3nc(-c4ccccc4)nc(-c4ccccc4-c4cccc5c4C4(CCCCC4)c4ccccc4-5)n3)c2)cc1. The summed E-state index contributed by atoms with van der Waals surface area (Å²) in [6.07, 6.45) is 6.18. The van der Waals surface area contributed by atoms with Crippen molar-refractivity contribution >= 4 is 0 Å². The van der Waals surface area contributed by atoms with Crippen molar-refractivity contribution in [1.82, 2.24) is 15.0 Å². The number of benzene rings is 6. The van der Waals surface area contributed by atoms with E-state index < -0.39 is 0 Å². The number of fused-ring (bicyclic) bond motifs is 5. The highest BCUT2D eigenvalue weighted by Gasteiger charge is 2.45. The van der Waals surface area contributed by atoms with Gasteiger partial charge < -0.3 is 0 Å². The molecule has 1 heterocycles. The molecule has 0 unspecified atom stereocenters. The first-order valence-electron chi connectivity index (χ1n) is 17.1. The van der Waals surface area contributed by atoms with Crippen LogP contribution in [0.15, 0.2) is 152 Å². The fraction of sp³-hybridized carbons (Fsp3) is 0.133. The van der Waals surface area contributed by atoms with Gasteiger partial charge in [-0.25, -0.2) is 15.0 Å². The standard InChI is InChI=1S/C45H35N3/c1-4-16-31(17-5-1)33-20-14-21-34(30-33)43-46-42(32-18-6-2-7-19-32)47-44(48-43)39-24-9-8-22-35(39)37-25-15-26-38-36-23-10-11-27-40(36)45(41(37)38)28-12-3-13-29-45/h1-2,4-11,14-27,30H,3,12-13,28-29H2. The number of rotatable bonds is 5.